The lowest BCUT2D eigenvalue weighted by atomic mass is 9.86. The van der Waals surface area contributed by atoms with Crippen molar-refractivity contribution >= 4 is 34.4 Å². The Morgan fingerprint density at radius 1 is 0.966 bits per heavy atom. The lowest BCUT2D eigenvalue weighted by Gasteiger charge is -2.34. The minimum atomic E-state index is 0.475. The topological polar surface area (TPSA) is 49.0 Å². The molecule has 29 heavy (non-hydrogen) atoms. The van der Waals surface area contributed by atoms with Gasteiger partial charge >= 0.3 is 0 Å². The van der Waals surface area contributed by atoms with Crippen molar-refractivity contribution in [1.29, 1.82) is 0 Å². The quantitative estimate of drug-likeness (QED) is 0.728. The molecule has 0 spiro atoms. The van der Waals surface area contributed by atoms with Crippen molar-refractivity contribution in [1.82, 2.24) is 5.32 Å². The Hall–Kier alpha value is -1.57. The lowest BCUT2D eigenvalue weighted by Crippen LogP contribution is -2.43. The molecule has 2 heterocycles. The molecular weight excluding hydrogens is 384 g/mol. The van der Waals surface area contributed by atoms with Crippen LogP contribution in [0.5, 0.6) is 0 Å². The summed E-state index contributed by atoms with van der Waals surface area (Å²) in [7, 11) is 0. The third-order valence-corrected chi connectivity index (χ3v) is 6.61. The Bertz CT molecular complexity index is 689. The summed E-state index contributed by atoms with van der Waals surface area (Å²) in [5, 5.41) is 7.81. The predicted molar refractivity (Wildman–Crippen MR) is 123 cm³/mol. The summed E-state index contributed by atoms with van der Waals surface area (Å²) in [4.78, 5) is 4.80. The van der Waals surface area contributed by atoms with Gasteiger partial charge in [0.25, 0.3) is 0 Å². The number of nitrogens with one attached hydrogen (secondary N) is 2. The van der Waals surface area contributed by atoms with Crippen LogP contribution in [0.4, 0.5) is 17.1 Å². The Kier molecular flexibility index (Phi) is 7.11. The van der Waals surface area contributed by atoms with Gasteiger partial charge in [-0.2, -0.15) is 0 Å². The van der Waals surface area contributed by atoms with Crippen LogP contribution < -0.4 is 20.4 Å². The zero-order chi connectivity index (χ0) is 20.1. The average Bonchev–Trinajstić information content (AvgIpc) is 2.77. The molecule has 1 aliphatic carbocycles. The summed E-state index contributed by atoms with van der Waals surface area (Å²) in [5.74, 6) is 0.672. The zero-order valence-electron chi connectivity index (χ0n) is 17.5. The van der Waals surface area contributed by atoms with Crippen molar-refractivity contribution in [2.75, 3.05) is 67.7 Å². The molecule has 0 radical (unpaired) electrons. The molecule has 2 N–H and O–H groups in total. The van der Waals surface area contributed by atoms with E-state index in [1.54, 1.807) is 0 Å². The monoisotopic (exact) mass is 418 g/mol. The van der Waals surface area contributed by atoms with Gasteiger partial charge in [0, 0.05) is 37.9 Å². The van der Waals surface area contributed by atoms with Gasteiger partial charge in [0.2, 0.25) is 0 Å². The van der Waals surface area contributed by atoms with Crippen LogP contribution >= 0.6 is 12.2 Å². The van der Waals surface area contributed by atoms with Crippen LogP contribution in [0.3, 0.4) is 0 Å². The fourth-order valence-electron chi connectivity index (χ4n) is 4.57. The van der Waals surface area contributed by atoms with Gasteiger partial charge in [-0.3, -0.25) is 0 Å². The fraction of sp³-hybridized carbons (Fsp3) is 0.682. The van der Waals surface area contributed by atoms with Crippen LogP contribution in [0, 0.1) is 5.92 Å². The van der Waals surface area contributed by atoms with Gasteiger partial charge in [-0.05, 0) is 49.2 Å². The van der Waals surface area contributed by atoms with Crippen LogP contribution in [0.1, 0.15) is 32.6 Å². The van der Waals surface area contributed by atoms with Gasteiger partial charge < -0.3 is 29.9 Å². The normalized spacial score (nSPS) is 25.6. The van der Waals surface area contributed by atoms with Gasteiger partial charge in [-0.1, -0.05) is 19.8 Å². The molecule has 160 valence electrons. The molecule has 0 aromatic heterocycles. The smallest absolute Gasteiger partial charge is 0.171 e. The van der Waals surface area contributed by atoms with E-state index in [9.17, 15) is 0 Å². The maximum Gasteiger partial charge on any atom is 0.171 e. The van der Waals surface area contributed by atoms with E-state index in [0.717, 1.165) is 63.4 Å². The largest absolute Gasteiger partial charge is 0.378 e. The first-order valence-corrected chi connectivity index (χ1v) is 11.5. The van der Waals surface area contributed by atoms with E-state index in [4.69, 9.17) is 21.7 Å². The molecule has 2 aliphatic heterocycles. The van der Waals surface area contributed by atoms with E-state index in [-0.39, 0.29) is 0 Å². The number of hydrogen-bond donors (Lipinski definition) is 2. The van der Waals surface area contributed by atoms with Crippen LogP contribution in [0.25, 0.3) is 0 Å². The lowest BCUT2D eigenvalue weighted by molar-refractivity contribution is 0.122. The first kappa shape index (κ1) is 20.7. The van der Waals surface area contributed by atoms with E-state index in [0.29, 0.717) is 12.0 Å². The maximum atomic E-state index is 5.70. The van der Waals surface area contributed by atoms with Crippen LogP contribution in [0.15, 0.2) is 18.2 Å². The molecule has 1 saturated carbocycles. The first-order valence-electron chi connectivity index (χ1n) is 11.1. The number of thiocarbonyl (C=S) groups is 1. The van der Waals surface area contributed by atoms with E-state index < -0.39 is 0 Å². The highest BCUT2D eigenvalue weighted by atomic mass is 32.1. The van der Waals surface area contributed by atoms with E-state index in [2.05, 4.69) is 45.6 Å². The van der Waals surface area contributed by atoms with Crippen molar-refractivity contribution in [2.45, 2.75) is 38.6 Å². The summed E-state index contributed by atoms with van der Waals surface area (Å²) in [6, 6.07) is 7.14. The summed E-state index contributed by atoms with van der Waals surface area (Å²) in [6.45, 7) is 9.13. The number of benzene rings is 1. The van der Waals surface area contributed by atoms with Crippen LogP contribution in [-0.4, -0.2) is 63.8 Å². The molecule has 2 saturated heterocycles. The summed E-state index contributed by atoms with van der Waals surface area (Å²) in [6.07, 6.45) is 5.12. The molecular formula is C22H34N4O2S. The predicted octanol–water partition coefficient (Wildman–Crippen LogP) is 3.22. The Balaban J connectivity index is 1.50. The number of nitrogens with zero attached hydrogens (tertiary/aromatic N) is 2. The number of anilines is 3. The molecule has 0 unspecified atom stereocenters. The number of ether oxygens (including phenoxy) is 2. The molecule has 3 fully saturated rings. The second-order valence-electron chi connectivity index (χ2n) is 8.37. The second-order valence-corrected chi connectivity index (χ2v) is 8.78. The van der Waals surface area contributed by atoms with Crippen LogP contribution in [-0.2, 0) is 9.47 Å². The molecule has 1 aromatic rings. The molecule has 1 aromatic carbocycles. The Morgan fingerprint density at radius 3 is 2.31 bits per heavy atom. The van der Waals surface area contributed by atoms with Gasteiger partial charge in [0.15, 0.2) is 5.11 Å². The molecule has 6 nitrogen and oxygen atoms in total. The van der Waals surface area contributed by atoms with Gasteiger partial charge in [-0.15, -0.1) is 0 Å². The van der Waals surface area contributed by atoms with E-state index in [1.165, 1.54) is 37.1 Å². The van der Waals surface area contributed by atoms with Crippen molar-refractivity contribution in [3.8, 4) is 0 Å². The summed E-state index contributed by atoms with van der Waals surface area (Å²) < 4.78 is 11.1. The molecule has 7 heteroatoms. The van der Waals surface area contributed by atoms with Crippen molar-refractivity contribution in [2.24, 2.45) is 5.92 Å². The molecule has 4 rings (SSSR count). The number of rotatable bonds is 4. The third kappa shape index (κ3) is 5.32. The molecule has 0 bridgehead atoms. The molecule has 3 aliphatic rings. The Labute approximate surface area is 179 Å². The number of hydrogen-bond acceptors (Lipinski definition) is 5. The van der Waals surface area contributed by atoms with Crippen molar-refractivity contribution in [3.63, 3.8) is 0 Å². The van der Waals surface area contributed by atoms with E-state index >= 15 is 0 Å². The highest BCUT2D eigenvalue weighted by molar-refractivity contribution is 7.80. The maximum absolute atomic E-state index is 5.70. The fourth-order valence-corrected chi connectivity index (χ4v) is 4.83. The molecule has 2 atom stereocenters. The van der Waals surface area contributed by atoms with Crippen molar-refractivity contribution < 1.29 is 9.47 Å². The minimum absolute atomic E-state index is 0.475. The molecule has 0 amide bonds. The Morgan fingerprint density at radius 2 is 1.62 bits per heavy atom. The third-order valence-electron chi connectivity index (χ3n) is 6.39. The van der Waals surface area contributed by atoms with Crippen molar-refractivity contribution in [3.05, 3.63) is 18.2 Å². The standard InChI is InChI=1S/C22H34N4O2S/c1-17-4-2-3-5-19(17)23-22(29)24-20-7-6-18(25-8-12-27-13-9-25)16-21(20)26-10-14-28-15-11-26/h6-7,16-17,19H,2-5,8-15H2,1H3,(H2,23,24,29)/t17-,19-/m0/s1. The first-order chi connectivity index (χ1) is 14.2. The SMILES string of the molecule is C[C@H]1CCCC[C@@H]1NC(=S)Nc1ccc(N2CCOCC2)cc1N1CCOCC1. The second kappa shape index (κ2) is 9.96. The number of morpholine rings is 2. The van der Waals surface area contributed by atoms with Crippen LogP contribution in [0.2, 0.25) is 0 Å². The summed E-state index contributed by atoms with van der Waals surface area (Å²) in [5.41, 5.74) is 3.53. The highest BCUT2D eigenvalue weighted by Crippen LogP contribution is 2.32. The van der Waals surface area contributed by atoms with E-state index in [1.807, 2.05) is 0 Å². The zero-order valence-corrected chi connectivity index (χ0v) is 18.3. The van der Waals surface area contributed by atoms with Gasteiger partial charge in [-0.25, -0.2) is 0 Å². The minimum Gasteiger partial charge on any atom is -0.378 e. The highest BCUT2D eigenvalue weighted by Gasteiger charge is 2.23. The summed E-state index contributed by atoms with van der Waals surface area (Å²) >= 11 is 5.70. The van der Waals surface area contributed by atoms with Gasteiger partial charge in [0.1, 0.15) is 0 Å². The average molecular weight is 419 g/mol. The van der Waals surface area contributed by atoms with Gasteiger partial charge in [0.05, 0.1) is 37.8 Å².